The molecular weight excluding hydrogens is 490 g/mol. The molecular formula is C26H21ClF2N4O3. The molecule has 1 aliphatic heterocycles. The summed E-state index contributed by atoms with van der Waals surface area (Å²) in [6.45, 7) is 2.13. The van der Waals surface area contributed by atoms with Gasteiger partial charge < -0.3 is 25.2 Å². The van der Waals surface area contributed by atoms with Crippen LogP contribution in [0.15, 0.2) is 72.9 Å². The van der Waals surface area contributed by atoms with Crippen molar-refractivity contribution in [1.29, 1.82) is 0 Å². The minimum atomic E-state index is -0.828. The Balaban J connectivity index is 1.38. The van der Waals surface area contributed by atoms with E-state index in [0.29, 0.717) is 29.5 Å². The summed E-state index contributed by atoms with van der Waals surface area (Å²) in [6, 6.07) is 13.8. The van der Waals surface area contributed by atoms with Crippen LogP contribution < -0.4 is 15.4 Å². The molecule has 184 valence electrons. The third-order valence-electron chi connectivity index (χ3n) is 5.64. The van der Waals surface area contributed by atoms with Gasteiger partial charge in [-0.15, -0.1) is 0 Å². The maximum atomic E-state index is 13.9. The molecule has 0 saturated heterocycles. The SMILES string of the molecule is C[C@@H](O)C1C=C(Nc2ccc3ncnc(Nc4ccc(Oc5c(F)cccc5F)c(Cl)c4)c3c2)OC1. The number of nitrogens with zero attached hydrogens (tertiary/aromatic N) is 2. The van der Waals surface area contributed by atoms with Gasteiger partial charge in [-0.1, -0.05) is 17.7 Å². The van der Waals surface area contributed by atoms with E-state index in [9.17, 15) is 13.9 Å². The molecule has 3 N–H and O–H groups in total. The van der Waals surface area contributed by atoms with Crippen LogP contribution in [-0.4, -0.2) is 27.8 Å². The number of fused-ring (bicyclic) bond motifs is 1. The number of nitrogens with one attached hydrogen (secondary N) is 2. The maximum Gasteiger partial charge on any atom is 0.198 e. The van der Waals surface area contributed by atoms with Gasteiger partial charge in [-0.05, 0) is 61.5 Å². The fraction of sp³-hybridized carbons (Fsp3) is 0.154. The van der Waals surface area contributed by atoms with E-state index in [1.165, 1.54) is 18.5 Å². The number of hydrogen-bond acceptors (Lipinski definition) is 7. The average Bonchev–Trinajstić information content (AvgIpc) is 3.32. The molecule has 4 aromatic rings. The number of benzene rings is 3. The summed E-state index contributed by atoms with van der Waals surface area (Å²) in [5.41, 5.74) is 2.05. The second-order valence-corrected chi connectivity index (χ2v) is 8.66. The second-order valence-electron chi connectivity index (χ2n) is 8.25. The van der Waals surface area contributed by atoms with Crippen molar-refractivity contribution in [2.45, 2.75) is 13.0 Å². The number of aliphatic hydroxyl groups is 1. The van der Waals surface area contributed by atoms with Gasteiger partial charge in [0.05, 0.1) is 23.3 Å². The number of para-hydroxylation sites is 1. The van der Waals surface area contributed by atoms with Gasteiger partial charge in [-0.2, -0.15) is 0 Å². The zero-order valence-electron chi connectivity index (χ0n) is 19.0. The Labute approximate surface area is 210 Å². The first kappa shape index (κ1) is 23.8. The minimum absolute atomic E-state index is 0.0694. The minimum Gasteiger partial charge on any atom is -0.478 e. The zero-order valence-corrected chi connectivity index (χ0v) is 19.8. The molecule has 0 amide bonds. The number of hydrogen-bond donors (Lipinski definition) is 3. The number of halogens is 3. The van der Waals surface area contributed by atoms with Crippen molar-refractivity contribution in [3.63, 3.8) is 0 Å². The van der Waals surface area contributed by atoms with Crippen LogP contribution in [-0.2, 0) is 4.74 Å². The van der Waals surface area contributed by atoms with Crippen molar-refractivity contribution in [1.82, 2.24) is 9.97 Å². The second kappa shape index (κ2) is 9.96. The van der Waals surface area contributed by atoms with E-state index in [2.05, 4.69) is 20.6 Å². The predicted molar refractivity (Wildman–Crippen MR) is 134 cm³/mol. The molecule has 1 unspecified atom stereocenters. The molecule has 2 atom stereocenters. The lowest BCUT2D eigenvalue weighted by molar-refractivity contribution is 0.113. The first-order chi connectivity index (χ1) is 17.4. The van der Waals surface area contributed by atoms with Gasteiger partial charge in [0.1, 0.15) is 17.9 Å². The summed E-state index contributed by atoms with van der Waals surface area (Å²) in [7, 11) is 0. The normalized spacial score (nSPS) is 15.8. The molecule has 1 aromatic heterocycles. The summed E-state index contributed by atoms with van der Waals surface area (Å²) < 4.78 is 38.9. The van der Waals surface area contributed by atoms with Gasteiger partial charge in [-0.25, -0.2) is 18.7 Å². The van der Waals surface area contributed by atoms with Gasteiger partial charge in [-0.3, -0.25) is 0 Å². The van der Waals surface area contributed by atoms with Crippen LogP contribution in [0.4, 0.5) is 26.0 Å². The molecule has 0 fully saturated rings. The zero-order chi connectivity index (χ0) is 25.2. The van der Waals surface area contributed by atoms with Crippen LogP contribution in [0.5, 0.6) is 11.5 Å². The van der Waals surface area contributed by atoms with Crippen LogP contribution in [0.25, 0.3) is 10.9 Å². The Hall–Kier alpha value is -3.95. The van der Waals surface area contributed by atoms with Crippen LogP contribution in [0.1, 0.15) is 6.92 Å². The molecule has 2 heterocycles. The molecule has 0 aliphatic carbocycles. The maximum absolute atomic E-state index is 13.9. The Kier molecular flexibility index (Phi) is 6.58. The Morgan fingerprint density at radius 2 is 1.81 bits per heavy atom. The molecule has 0 saturated carbocycles. The van der Waals surface area contributed by atoms with E-state index >= 15 is 0 Å². The van der Waals surface area contributed by atoms with Crippen LogP contribution >= 0.6 is 11.6 Å². The highest BCUT2D eigenvalue weighted by molar-refractivity contribution is 6.32. The summed E-state index contributed by atoms with van der Waals surface area (Å²) in [6.07, 6.45) is 2.79. The van der Waals surface area contributed by atoms with Gasteiger partial charge in [0, 0.05) is 22.7 Å². The largest absolute Gasteiger partial charge is 0.478 e. The van der Waals surface area contributed by atoms with E-state index in [0.717, 1.165) is 23.2 Å². The fourth-order valence-electron chi connectivity index (χ4n) is 3.70. The first-order valence-corrected chi connectivity index (χ1v) is 11.5. The monoisotopic (exact) mass is 510 g/mol. The summed E-state index contributed by atoms with van der Waals surface area (Å²) in [5, 5.41) is 17.1. The Bertz CT molecular complexity index is 1440. The van der Waals surface area contributed by atoms with Crippen LogP contribution in [0.2, 0.25) is 5.02 Å². The molecule has 36 heavy (non-hydrogen) atoms. The van der Waals surface area contributed by atoms with E-state index in [4.69, 9.17) is 21.1 Å². The van der Waals surface area contributed by atoms with Crippen molar-refractivity contribution in [2.75, 3.05) is 17.2 Å². The molecule has 5 rings (SSSR count). The summed E-state index contributed by atoms with van der Waals surface area (Å²) >= 11 is 6.33. The van der Waals surface area contributed by atoms with Crippen molar-refractivity contribution in [3.05, 3.63) is 89.5 Å². The van der Waals surface area contributed by atoms with E-state index in [1.54, 1.807) is 19.1 Å². The number of ether oxygens (including phenoxy) is 2. The number of aromatic nitrogens is 2. The lowest BCUT2D eigenvalue weighted by atomic mass is 10.1. The number of rotatable bonds is 7. The highest BCUT2D eigenvalue weighted by atomic mass is 35.5. The smallest absolute Gasteiger partial charge is 0.198 e. The standard InChI is InChI=1S/C26H21ClF2N4O3/c1-14(34)15-9-24(35-12-15)32-16-5-7-22-18(10-16)26(31-13-30-22)33-17-6-8-23(19(27)11-17)36-25-20(28)3-2-4-21(25)29/h2-11,13-15,32,34H,12H2,1H3,(H,30,31,33)/t14-,15?/m1/s1. The first-order valence-electron chi connectivity index (χ1n) is 11.1. The van der Waals surface area contributed by atoms with E-state index in [-0.39, 0.29) is 16.7 Å². The Morgan fingerprint density at radius 1 is 1.06 bits per heavy atom. The van der Waals surface area contributed by atoms with Gasteiger partial charge in [0.15, 0.2) is 23.3 Å². The van der Waals surface area contributed by atoms with Crippen molar-refractivity contribution >= 4 is 39.7 Å². The predicted octanol–water partition coefficient (Wildman–Crippen LogP) is 6.38. The lowest BCUT2D eigenvalue weighted by Crippen LogP contribution is -2.15. The fourth-order valence-corrected chi connectivity index (χ4v) is 3.92. The quantitative estimate of drug-likeness (QED) is 0.266. The van der Waals surface area contributed by atoms with Crippen molar-refractivity contribution in [3.8, 4) is 11.5 Å². The number of anilines is 3. The summed E-state index contributed by atoms with van der Waals surface area (Å²) in [5.74, 6) is -1.05. The molecule has 10 heteroatoms. The summed E-state index contributed by atoms with van der Waals surface area (Å²) in [4.78, 5) is 8.66. The molecule has 0 radical (unpaired) electrons. The van der Waals surface area contributed by atoms with Crippen molar-refractivity contribution < 1.29 is 23.4 Å². The Morgan fingerprint density at radius 3 is 2.53 bits per heavy atom. The molecule has 3 aromatic carbocycles. The van der Waals surface area contributed by atoms with Gasteiger partial charge >= 0.3 is 0 Å². The van der Waals surface area contributed by atoms with E-state index < -0.39 is 23.5 Å². The average molecular weight is 511 g/mol. The van der Waals surface area contributed by atoms with Gasteiger partial charge in [0.2, 0.25) is 0 Å². The van der Waals surface area contributed by atoms with Crippen LogP contribution in [0, 0.1) is 17.6 Å². The topological polar surface area (TPSA) is 88.5 Å². The third kappa shape index (κ3) is 5.02. The van der Waals surface area contributed by atoms with Crippen LogP contribution in [0.3, 0.4) is 0 Å². The highest BCUT2D eigenvalue weighted by Gasteiger charge is 2.21. The third-order valence-corrected chi connectivity index (χ3v) is 5.94. The van der Waals surface area contributed by atoms with Gasteiger partial charge in [0.25, 0.3) is 0 Å². The highest BCUT2D eigenvalue weighted by Crippen LogP contribution is 2.35. The lowest BCUT2D eigenvalue weighted by Gasteiger charge is -2.13. The molecule has 0 bridgehead atoms. The molecule has 7 nitrogen and oxygen atoms in total. The molecule has 0 spiro atoms. The molecule has 1 aliphatic rings. The van der Waals surface area contributed by atoms with Crippen molar-refractivity contribution in [2.24, 2.45) is 5.92 Å². The van der Waals surface area contributed by atoms with E-state index in [1.807, 2.05) is 24.3 Å². The number of aliphatic hydroxyl groups excluding tert-OH is 1.